The second-order valence-electron chi connectivity index (χ2n) is 5.73. The Bertz CT molecular complexity index is 340. The van der Waals surface area contributed by atoms with Crippen molar-refractivity contribution in [3.05, 3.63) is 11.6 Å². The van der Waals surface area contributed by atoms with Gasteiger partial charge in [0.25, 0.3) is 0 Å². The minimum atomic E-state index is 0.304. The molecule has 2 nitrogen and oxygen atoms in total. The highest BCUT2D eigenvalue weighted by atomic mass is 16.4. The van der Waals surface area contributed by atoms with Crippen LogP contribution in [0.5, 0.6) is 0 Å². The van der Waals surface area contributed by atoms with Crippen LogP contribution in [0.4, 0.5) is 0 Å². The lowest BCUT2D eigenvalue weighted by atomic mass is 9.70. The van der Waals surface area contributed by atoms with Crippen LogP contribution in [0.25, 0.3) is 0 Å². The van der Waals surface area contributed by atoms with Crippen LogP contribution in [0, 0.1) is 16.7 Å². The molecular formula is C13H21NO. The van der Waals surface area contributed by atoms with Crippen molar-refractivity contribution in [3.8, 4) is 0 Å². The van der Waals surface area contributed by atoms with Crippen LogP contribution in [0.2, 0.25) is 0 Å². The molecule has 2 heteroatoms. The number of hydrogen-bond donors (Lipinski definition) is 1. The molecule has 0 aromatic heterocycles. The van der Waals surface area contributed by atoms with Crippen LogP contribution in [-0.2, 0) is 0 Å². The number of allylic oxidation sites excluding steroid dienone is 2. The summed E-state index contributed by atoms with van der Waals surface area (Å²) < 4.78 is 0. The first-order valence-corrected chi connectivity index (χ1v) is 5.90. The van der Waals surface area contributed by atoms with E-state index in [9.17, 15) is 0 Å². The Morgan fingerprint density at radius 1 is 1.53 bits per heavy atom. The van der Waals surface area contributed by atoms with E-state index in [1.54, 1.807) is 0 Å². The average molecular weight is 207 g/mol. The molecule has 0 radical (unpaired) electrons. The number of nitrogens with zero attached hydrogens (tertiary/aromatic N) is 1. The minimum absolute atomic E-state index is 0.304. The van der Waals surface area contributed by atoms with E-state index in [1.807, 2.05) is 0 Å². The molecule has 0 amide bonds. The van der Waals surface area contributed by atoms with Gasteiger partial charge in [0, 0.05) is 0 Å². The molecule has 15 heavy (non-hydrogen) atoms. The van der Waals surface area contributed by atoms with E-state index >= 15 is 0 Å². The lowest BCUT2D eigenvalue weighted by Crippen LogP contribution is -2.27. The lowest BCUT2D eigenvalue weighted by Gasteiger charge is -2.34. The van der Waals surface area contributed by atoms with Crippen molar-refractivity contribution in [2.24, 2.45) is 21.9 Å². The molecule has 2 aliphatic rings. The third kappa shape index (κ3) is 1.20. The van der Waals surface area contributed by atoms with Gasteiger partial charge in [0.2, 0.25) is 0 Å². The number of hydrogen-bond acceptors (Lipinski definition) is 2. The van der Waals surface area contributed by atoms with Gasteiger partial charge in [0.1, 0.15) is 0 Å². The summed E-state index contributed by atoms with van der Waals surface area (Å²) >= 11 is 0. The normalized spacial score (nSPS) is 38.3. The molecule has 1 saturated carbocycles. The van der Waals surface area contributed by atoms with Gasteiger partial charge in [-0.3, -0.25) is 0 Å². The molecule has 0 spiro atoms. The van der Waals surface area contributed by atoms with E-state index in [2.05, 4.69) is 38.9 Å². The number of rotatable bonds is 2. The van der Waals surface area contributed by atoms with Gasteiger partial charge in [0.15, 0.2) is 0 Å². The molecule has 1 N–H and O–H groups in total. The third-order valence-corrected chi connectivity index (χ3v) is 4.93. The van der Waals surface area contributed by atoms with E-state index in [0.29, 0.717) is 16.7 Å². The fourth-order valence-corrected chi connectivity index (χ4v) is 3.39. The van der Waals surface area contributed by atoms with E-state index in [4.69, 9.17) is 5.21 Å². The number of oxime groups is 1. The predicted molar refractivity (Wildman–Crippen MR) is 62.2 cm³/mol. The molecule has 0 aromatic carbocycles. The summed E-state index contributed by atoms with van der Waals surface area (Å²) in [6.07, 6.45) is 5.70. The Balaban J connectivity index is 2.41. The van der Waals surface area contributed by atoms with Gasteiger partial charge in [-0.1, -0.05) is 38.9 Å². The lowest BCUT2D eigenvalue weighted by molar-refractivity contribution is 0.180. The van der Waals surface area contributed by atoms with E-state index in [1.165, 1.54) is 18.4 Å². The highest BCUT2D eigenvalue weighted by Crippen LogP contribution is 2.64. The van der Waals surface area contributed by atoms with Crippen LogP contribution in [0.3, 0.4) is 0 Å². The monoisotopic (exact) mass is 207 g/mol. The van der Waals surface area contributed by atoms with Crippen LogP contribution in [0.1, 0.15) is 47.0 Å². The third-order valence-electron chi connectivity index (χ3n) is 4.93. The first kappa shape index (κ1) is 10.7. The Labute approximate surface area is 92.1 Å². The smallest absolute Gasteiger partial charge is 0.0824 e. The SMILES string of the molecule is CCC(=NO)C1=C[C@@]2(C)CC[C@H]1C2(C)C. The van der Waals surface area contributed by atoms with Gasteiger partial charge in [-0.2, -0.15) is 0 Å². The summed E-state index contributed by atoms with van der Waals surface area (Å²) in [5, 5.41) is 12.5. The standard InChI is InChI=1S/C13H21NO/c1-5-11(14-15)9-8-13(4)7-6-10(9)12(13,2)3/h8,10,15H,5-7H2,1-4H3/t10-,13-/m1/s1. The molecule has 0 aliphatic heterocycles. The van der Waals surface area contributed by atoms with E-state index < -0.39 is 0 Å². The summed E-state index contributed by atoms with van der Waals surface area (Å²) in [6.45, 7) is 9.08. The zero-order valence-corrected chi connectivity index (χ0v) is 10.2. The van der Waals surface area contributed by atoms with Crippen molar-refractivity contribution < 1.29 is 5.21 Å². The highest BCUT2D eigenvalue weighted by Gasteiger charge is 2.56. The summed E-state index contributed by atoms with van der Waals surface area (Å²) in [4.78, 5) is 0. The second kappa shape index (κ2) is 3.10. The van der Waals surface area contributed by atoms with Gasteiger partial charge >= 0.3 is 0 Å². The molecule has 0 aromatic rings. The maximum absolute atomic E-state index is 9.02. The largest absolute Gasteiger partial charge is 0.411 e. The Morgan fingerprint density at radius 3 is 2.53 bits per heavy atom. The Kier molecular flexibility index (Phi) is 2.21. The van der Waals surface area contributed by atoms with Gasteiger partial charge in [-0.05, 0) is 41.6 Å². The van der Waals surface area contributed by atoms with Gasteiger partial charge in [-0.15, -0.1) is 0 Å². The molecule has 1 fully saturated rings. The summed E-state index contributed by atoms with van der Waals surface area (Å²) in [5.41, 5.74) is 2.82. The fraction of sp³-hybridized carbons (Fsp3) is 0.769. The van der Waals surface area contributed by atoms with Crippen LogP contribution >= 0.6 is 0 Å². The molecule has 2 atom stereocenters. The quantitative estimate of drug-likeness (QED) is 0.419. The van der Waals surface area contributed by atoms with Crippen LogP contribution in [0.15, 0.2) is 16.8 Å². The van der Waals surface area contributed by atoms with Crippen molar-refractivity contribution >= 4 is 5.71 Å². The van der Waals surface area contributed by atoms with Crippen molar-refractivity contribution in [2.45, 2.75) is 47.0 Å². The Hall–Kier alpha value is -0.790. The van der Waals surface area contributed by atoms with Gasteiger partial charge < -0.3 is 5.21 Å². The van der Waals surface area contributed by atoms with Crippen molar-refractivity contribution in [3.63, 3.8) is 0 Å². The zero-order chi connectivity index (χ0) is 11.3. The van der Waals surface area contributed by atoms with E-state index in [0.717, 1.165) is 12.1 Å². The van der Waals surface area contributed by atoms with Gasteiger partial charge in [-0.25, -0.2) is 0 Å². The maximum Gasteiger partial charge on any atom is 0.0824 e. The fourth-order valence-electron chi connectivity index (χ4n) is 3.39. The summed E-state index contributed by atoms with van der Waals surface area (Å²) in [6, 6.07) is 0. The molecule has 2 bridgehead atoms. The molecule has 84 valence electrons. The molecular weight excluding hydrogens is 186 g/mol. The summed E-state index contributed by atoms with van der Waals surface area (Å²) in [5.74, 6) is 0.591. The highest BCUT2D eigenvalue weighted by molar-refractivity contribution is 6.01. The van der Waals surface area contributed by atoms with Gasteiger partial charge in [0.05, 0.1) is 5.71 Å². The van der Waals surface area contributed by atoms with E-state index in [-0.39, 0.29) is 0 Å². The number of fused-ring (bicyclic) bond motifs is 2. The zero-order valence-electron chi connectivity index (χ0n) is 10.2. The molecule has 0 unspecified atom stereocenters. The van der Waals surface area contributed by atoms with Crippen molar-refractivity contribution in [2.75, 3.05) is 0 Å². The second-order valence-corrected chi connectivity index (χ2v) is 5.73. The first-order valence-electron chi connectivity index (χ1n) is 5.90. The van der Waals surface area contributed by atoms with Crippen LogP contribution in [-0.4, -0.2) is 10.9 Å². The minimum Gasteiger partial charge on any atom is -0.411 e. The predicted octanol–water partition coefficient (Wildman–Crippen LogP) is 3.61. The average Bonchev–Trinajstić information content (AvgIpc) is 2.50. The molecule has 2 rings (SSSR count). The molecule has 2 aliphatic carbocycles. The molecule has 0 saturated heterocycles. The molecule has 0 heterocycles. The Morgan fingerprint density at radius 2 is 2.20 bits per heavy atom. The van der Waals surface area contributed by atoms with Crippen molar-refractivity contribution in [1.82, 2.24) is 0 Å². The summed E-state index contributed by atoms with van der Waals surface area (Å²) in [7, 11) is 0. The van der Waals surface area contributed by atoms with Crippen LogP contribution < -0.4 is 0 Å². The maximum atomic E-state index is 9.02. The topological polar surface area (TPSA) is 32.6 Å². The van der Waals surface area contributed by atoms with Crippen molar-refractivity contribution in [1.29, 1.82) is 0 Å². The first-order chi connectivity index (χ1) is 6.96.